The fourth-order valence-corrected chi connectivity index (χ4v) is 2.84. The van der Waals surface area contributed by atoms with Crippen molar-refractivity contribution in [1.29, 1.82) is 0 Å². The van der Waals surface area contributed by atoms with Crippen LogP contribution in [0.2, 0.25) is 5.02 Å². The van der Waals surface area contributed by atoms with Crippen LogP contribution in [0.5, 0.6) is 0 Å². The lowest BCUT2D eigenvalue weighted by molar-refractivity contribution is 0.199. The molecule has 0 radical (unpaired) electrons. The SMILES string of the molecule is CC(C)(C)C1CCN(c2ncc(Cl)cc2N)CC1. The molecule has 1 saturated heterocycles. The van der Waals surface area contributed by atoms with Gasteiger partial charge in [-0.2, -0.15) is 0 Å². The Morgan fingerprint density at radius 2 is 1.94 bits per heavy atom. The first-order chi connectivity index (χ1) is 8.38. The quantitative estimate of drug-likeness (QED) is 0.846. The molecule has 4 heteroatoms. The first-order valence-corrected chi connectivity index (χ1v) is 6.91. The zero-order valence-electron chi connectivity index (χ0n) is 11.4. The number of aromatic nitrogens is 1. The molecule has 1 aromatic rings. The second-order valence-electron chi connectivity index (χ2n) is 6.19. The predicted octanol–water partition coefficient (Wildman–Crippen LogP) is 3.58. The van der Waals surface area contributed by atoms with Crippen molar-refractivity contribution in [3.8, 4) is 0 Å². The second-order valence-corrected chi connectivity index (χ2v) is 6.63. The lowest BCUT2D eigenvalue weighted by atomic mass is 9.75. The van der Waals surface area contributed by atoms with E-state index in [0.29, 0.717) is 16.1 Å². The topological polar surface area (TPSA) is 42.2 Å². The van der Waals surface area contributed by atoms with Crippen LogP contribution in [0.25, 0.3) is 0 Å². The molecular formula is C14H22ClN3. The summed E-state index contributed by atoms with van der Waals surface area (Å²) >= 11 is 5.88. The van der Waals surface area contributed by atoms with E-state index in [1.807, 2.05) is 0 Å². The number of nitrogen functional groups attached to an aromatic ring is 1. The molecule has 1 fully saturated rings. The third kappa shape index (κ3) is 2.89. The number of hydrogen-bond donors (Lipinski definition) is 1. The third-order valence-corrected chi connectivity index (χ3v) is 4.09. The van der Waals surface area contributed by atoms with Crippen LogP contribution in [0.3, 0.4) is 0 Å². The molecule has 18 heavy (non-hydrogen) atoms. The standard InChI is InChI=1S/C14H22ClN3/c1-14(2,3)10-4-6-18(7-5-10)13-12(16)8-11(15)9-17-13/h8-10H,4-7,16H2,1-3H3. The largest absolute Gasteiger partial charge is 0.396 e. The molecule has 3 nitrogen and oxygen atoms in total. The summed E-state index contributed by atoms with van der Waals surface area (Å²) in [7, 11) is 0. The number of nitrogens with two attached hydrogens (primary N) is 1. The summed E-state index contributed by atoms with van der Waals surface area (Å²) in [4.78, 5) is 6.63. The summed E-state index contributed by atoms with van der Waals surface area (Å²) in [6.07, 6.45) is 4.07. The van der Waals surface area contributed by atoms with Gasteiger partial charge in [0, 0.05) is 19.3 Å². The molecule has 0 bridgehead atoms. The summed E-state index contributed by atoms with van der Waals surface area (Å²) in [5, 5.41) is 0.598. The van der Waals surface area contributed by atoms with Crippen LogP contribution in [0, 0.1) is 11.3 Å². The highest BCUT2D eigenvalue weighted by atomic mass is 35.5. The zero-order valence-corrected chi connectivity index (χ0v) is 12.2. The third-order valence-electron chi connectivity index (χ3n) is 3.88. The Labute approximate surface area is 114 Å². The van der Waals surface area contributed by atoms with E-state index in [0.717, 1.165) is 24.8 Å². The van der Waals surface area contributed by atoms with Gasteiger partial charge in [-0.05, 0) is 30.2 Å². The van der Waals surface area contributed by atoms with Gasteiger partial charge in [-0.1, -0.05) is 32.4 Å². The van der Waals surface area contributed by atoms with E-state index in [4.69, 9.17) is 17.3 Å². The number of nitrogens with zero attached hydrogens (tertiary/aromatic N) is 2. The normalized spacial score (nSPS) is 18.1. The number of halogens is 1. The average Bonchev–Trinajstić information content (AvgIpc) is 2.28. The molecule has 0 unspecified atom stereocenters. The van der Waals surface area contributed by atoms with Crippen LogP contribution in [0.15, 0.2) is 12.3 Å². The fourth-order valence-electron chi connectivity index (χ4n) is 2.67. The van der Waals surface area contributed by atoms with Crippen molar-refractivity contribution in [3.05, 3.63) is 17.3 Å². The molecule has 0 atom stereocenters. The van der Waals surface area contributed by atoms with E-state index in [2.05, 4.69) is 30.7 Å². The minimum absolute atomic E-state index is 0.394. The minimum Gasteiger partial charge on any atom is -0.396 e. The van der Waals surface area contributed by atoms with Crippen LogP contribution in [-0.2, 0) is 0 Å². The molecule has 1 aliphatic rings. The van der Waals surface area contributed by atoms with E-state index >= 15 is 0 Å². The summed E-state index contributed by atoms with van der Waals surface area (Å²) < 4.78 is 0. The predicted molar refractivity (Wildman–Crippen MR) is 78.1 cm³/mol. The van der Waals surface area contributed by atoms with Crippen LogP contribution < -0.4 is 10.6 Å². The Morgan fingerprint density at radius 1 is 1.33 bits per heavy atom. The molecule has 2 heterocycles. The Balaban J connectivity index is 2.06. The molecule has 2 rings (SSSR count). The Morgan fingerprint density at radius 3 is 2.44 bits per heavy atom. The molecule has 1 aromatic heterocycles. The zero-order chi connectivity index (χ0) is 13.3. The highest BCUT2D eigenvalue weighted by Gasteiger charge is 2.29. The smallest absolute Gasteiger partial charge is 0.151 e. The van der Waals surface area contributed by atoms with Crippen molar-refractivity contribution in [3.63, 3.8) is 0 Å². The van der Waals surface area contributed by atoms with E-state index < -0.39 is 0 Å². The van der Waals surface area contributed by atoms with Crippen LogP contribution >= 0.6 is 11.6 Å². The number of hydrogen-bond acceptors (Lipinski definition) is 3. The molecule has 0 aromatic carbocycles. The molecule has 0 saturated carbocycles. The van der Waals surface area contributed by atoms with Crippen molar-refractivity contribution >= 4 is 23.1 Å². The molecule has 0 spiro atoms. The number of pyridine rings is 1. The summed E-state index contributed by atoms with van der Waals surface area (Å²) in [5.41, 5.74) is 7.06. The fraction of sp³-hybridized carbons (Fsp3) is 0.643. The van der Waals surface area contributed by atoms with Crippen LogP contribution in [0.1, 0.15) is 33.6 Å². The maximum atomic E-state index is 5.98. The summed E-state index contributed by atoms with van der Waals surface area (Å²) in [6, 6.07) is 1.78. The maximum Gasteiger partial charge on any atom is 0.151 e. The highest BCUT2D eigenvalue weighted by molar-refractivity contribution is 6.30. The van der Waals surface area contributed by atoms with Crippen LogP contribution in [0.4, 0.5) is 11.5 Å². The Hall–Kier alpha value is -0.960. The van der Waals surface area contributed by atoms with Gasteiger partial charge in [0.1, 0.15) is 0 Å². The van der Waals surface area contributed by atoms with E-state index in [1.54, 1.807) is 12.3 Å². The summed E-state index contributed by atoms with van der Waals surface area (Å²) in [6.45, 7) is 9.02. The Kier molecular flexibility index (Phi) is 3.71. The highest BCUT2D eigenvalue weighted by Crippen LogP contribution is 2.36. The van der Waals surface area contributed by atoms with E-state index in [9.17, 15) is 0 Å². The van der Waals surface area contributed by atoms with Gasteiger partial charge in [0.25, 0.3) is 0 Å². The maximum absolute atomic E-state index is 5.98. The lowest BCUT2D eigenvalue weighted by Crippen LogP contribution is -2.38. The monoisotopic (exact) mass is 267 g/mol. The van der Waals surface area contributed by atoms with Crippen molar-refractivity contribution in [2.24, 2.45) is 11.3 Å². The van der Waals surface area contributed by atoms with Gasteiger partial charge in [-0.15, -0.1) is 0 Å². The summed E-state index contributed by atoms with van der Waals surface area (Å²) in [5.74, 6) is 1.66. The average molecular weight is 268 g/mol. The van der Waals surface area contributed by atoms with Crippen LogP contribution in [-0.4, -0.2) is 18.1 Å². The van der Waals surface area contributed by atoms with Gasteiger partial charge < -0.3 is 10.6 Å². The molecular weight excluding hydrogens is 246 g/mol. The van der Waals surface area contributed by atoms with Crippen molar-refractivity contribution in [1.82, 2.24) is 4.98 Å². The van der Waals surface area contributed by atoms with E-state index in [1.165, 1.54) is 12.8 Å². The van der Waals surface area contributed by atoms with Gasteiger partial charge in [0.15, 0.2) is 5.82 Å². The lowest BCUT2D eigenvalue weighted by Gasteiger charge is -2.39. The first kappa shape index (κ1) is 13.5. The molecule has 100 valence electrons. The van der Waals surface area contributed by atoms with Gasteiger partial charge in [-0.3, -0.25) is 0 Å². The van der Waals surface area contributed by atoms with Gasteiger partial charge in [-0.25, -0.2) is 4.98 Å². The van der Waals surface area contributed by atoms with Gasteiger partial charge in [0.05, 0.1) is 10.7 Å². The van der Waals surface area contributed by atoms with Gasteiger partial charge in [0.2, 0.25) is 0 Å². The molecule has 0 amide bonds. The van der Waals surface area contributed by atoms with E-state index in [-0.39, 0.29) is 0 Å². The molecule has 0 aliphatic carbocycles. The second kappa shape index (κ2) is 4.96. The molecule has 1 aliphatic heterocycles. The number of rotatable bonds is 1. The number of anilines is 2. The van der Waals surface area contributed by atoms with Crippen molar-refractivity contribution in [2.75, 3.05) is 23.7 Å². The molecule has 2 N–H and O–H groups in total. The number of piperidine rings is 1. The minimum atomic E-state index is 0.394. The van der Waals surface area contributed by atoms with Gasteiger partial charge >= 0.3 is 0 Å². The first-order valence-electron chi connectivity index (χ1n) is 6.54. The van der Waals surface area contributed by atoms with Crippen molar-refractivity contribution < 1.29 is 0 Å². The van der Waals surface area contributed by atoms with Crippen molar-refractivity contribution in [2.45, 2.75) is 33.6 Å². The Bertz CT molecular complexity index is 418.